The van der Waals surface area contributed by atoms with E-state index in [1.807, 2.05) is 97.1 Å². The largest absolute Gasteiger partial charge is 0.497 e. The first-order chi connectivity index (χ1) is 21.1. The van der Waals surface area contributed by atoms with Crippen LogP contribution >= 0.6 is 0 Å². The molecule has 0 radical (unpaired) electrons. The van der Waals surface area contributed by atoms with Crippen molar-refractivity contribution in [2.45, 2.75) is 6.42 Å². The van der Waals surface area contributed by atoms with Crippen molar-refractivity contribution in [1.29, 1.82) is 0 Å². The Labute approximate surface area is 253 Å². The number of aliphatic hydroxyl groups is 1. The molecule has 0 aliphatic carbocycles. The molecule has 0 bridgehead atoms. The molecule has 43 heavy (non-hydrogen) atoms. The van der Waals surface area contributed by atoms with E-state index >= 15 is 0 Å². The highest BCUT2D eigenvalue weighted by molar-refractivity contribution is 5.81. The number of anilines is 6. The lowest BCUT2D eigenvalue weighted by molar-refractivity contribution is 0.233. The molecule has 0 unspecified atom stereocenters. The van der Waals surface area contributed by atoms with Gasteiger partial charge in [0.15, 0.2) is 0 Å². The molecular formula is C36H36N2O5. The Morgan fingerprint density at radius 2 is 0.674 bits per heavy atom. The minimum atomic E-state index is 0.105. The van der Waals surface area contributed by atoms with Gasteiger partial charge in [-0.1, -0.05) is 0 Å². The second-order valence-electron chi connectivity index (χ2n) is 9.70. The summed E-state index contributed by atoms with van der Waals surface area (Å²) >= 11 is 0. The summed E-state index contributed by atoms with van der Waals surface area (Å²) in [5.41, 5.74) is 5.97. The van der Waals surface area contributed by atoms with Gasteiger partial charge in [0.05, 0.1) is 27.9 Å². The summed E-state index contributed by atoms with van der Waals surface area (Å²) in [5, 5.41) is 9.07. The predicted molar refractivity (Wildman–Crippen MR) is 173 cm³/mol. The zero-order valence-corrected chi connectivity index (χ0v) is 24.6. The van der Waals surface area contributed by atoms with Crippen LogP contribution in [0.1, 0.15) is 6.42 Å². The Kier molecular flexibility index (Phi) is 9.67. The molecule has 0 heterocycles. The van der Waals surface area contributed by atoms with Crippen molar-refractivity contribution in [3.63, 3.8) is 0 Å². The van der Waals surface area contributed by atoms with E-state index in [2.05, 4.69) is 34.1 Å². The molecule has 5 rings (SSSR count). The molecule has 7 nitrogen and oxygen atoms in total. The highest BCUT2D eigenvalue weighted by atomic mass is 16.5. The fourth-order valence-electron chi connectivity index (χ4n) is 4.79. The Morgan fingerprint density at radius 1 is 0.419 bits per heavy atom. The van der Waals surface area contributed by atoms with E-state index in [-0.39, 0.29) is 6.61 Å². The van der Waals surface area contributed by atoms with Crippen LogP contribution in [-0.4, -0.2) is 39.6 Å². The van der Waals surface area contributed by atoms with Crippen molar-refractivity contribution in [3.05, 3.63) is 121 Å². The average molecular weight is 577 g/mol. The summed E-state index contributed by atoms with van der Waals surface area (Å²) in [7, 11) is 5.00. The first-order valence-corrected chi connectivity index (χ1v) is 14.1. The number of ether oxygens (including phenoxy) is 4. The van der Waals surface area contributed by atoms with Gasteiger partial charge < -0.3 is 33.9 Å². The molecule has 0 aliphatic heterocycles. The van der Waals surface area contributed by atoms with E-state index in [4.69, 9.17) is 24.1 Å². The second-order valence-corrected chi connectivity index (χ2v) is 9.70. The van der Waals surface area contributed by atoms with Gasteiger partial charge in [0, 0.05) is 47.2 Å². The summed E-state index contributed by atoms with van der Waals surface area (Å²) in [6, 6.07) is 40.5. The highest BCUT2D eigenvalue weighted by Crippen LogP contribution is 2.40. The summed E-state index contributed by atoms with van der Waals surface area (Å²) in [6.45, 7) is 0.575. The zero-order valence-electron chi connectivity index (χ0n) is 24.6. The van der Waals surface area contributed by atoms with E-state index in [0.717, 1.165) is 57.1 Å². The minimum Gasteiger partial charge on any atom is -0.497 e. The molecule has 0 atom stereocenters. The minimum absolute atomic E-state index is 0.105. The second kappa shape index (κ2) is 14.2. The Hall–Kier alpha value is -5.14. The molecule has 0 saturated carbocycles. The number of hydrogen-bond donors (Lipinski definition) is 1. The van der Waals surface area contributed by atoms with Crippen LogP contribution in [-0.2, 0) is 0 Å². The molecule has 5 aromatic rings. The van der Waals surface area contributed by atoms with Gasteiger partial charge in [-0.3, -0.25) is 0 Å². The van der Waals surface area contributed by atoms with Gasteiger partial charge in [-0.15, -0.1) is 0 Å². The maximum absolute atomic E-state index is 9.07. The van der Waals surface area contributed by atoms with Gasteiger partial charge in [0.1, 0.15) is 23.0 Å². The van der Waals surface area contributed by atoms with E-state index in [9.17, 15) is 0 Å². The molecule has 0 spiro atoms. The highest BCUT2D eigenvalue weighted by Gasteiger charge is 2.16. The summed E-state index contributed by atoms with van der Waals surface area (Å²) in [4.78, 5) is 4.38. The molecule has 7 heteroatoms. The van der Waals surface area contributed by atoms with E-state index in [1.54, 1.807) is 21.3 Å². The van der Waals surface area contributed by atoms with Crippen LogP contribution < -0.4 is 28.7 Å². The van der Waals surface area contributed by atoms with Crippen LogP contribution in [0.5, 0.6) is 23.0 Å². The topological polar surface area (TPSA) is 63.6 Å². The van der Waals surface area contributed by atoms with Crippen molar-refractivity contribution in [1.82, 2.24) is 0 Å². The fraction of sp³-hybridized carbons (Fsp3) is 0.167. The Bertz CT molecular complexity index is 1510. The van der Waals surface area contributed by atoms with Gasteiger partial charge in [0.2, 0.25) is 0 Å². The van der Waals surface area contributed by atoms with Crippen LogP contribution in [0.2, 0.25) is 0 Å². The van der Waals surface area contributed by atoms with Crippen molar-refractivity contribution in [3.8, 4) is 23.0 Å². The van der Waals surface area contributed by atoms with Gasteiger partial charge in [-0.2, -0.15) is 0 Å². The number of aliphatic hydroxyl groups excluding tert-OH is 1. The van der Waals surface area contributed by atoms with Gasteiger partial charge in [-0.25, -0.2) is 0 Å². The molecule has 0 aromatic heterocycles. The first kappa shape index (κ1) is 29.4. The molecule has 220 valence electrons. The van der Waals surface area contributed by atoms with Crippen molar-refractivity contribution >= 4 is 34.1 Å². The average Bonchev–Trinajstić information content (AvgIpc) is 3.07. The lowest BCUT2D eigenvalue weighted by Gasteiger charge is -2.28. The lowest BCUT2D eigenvalue weighted by Crippen LogP contribution is -2.12. The molecule has 0 fully saturated rings. The van der Waals surface area contributed by atoms with Crippen LogP contribution in [0.25, 0.3) is 0 Å². The van der Waals surface area contributed by atoms with E-state index < -0.39 is 0 Å². The smallest absolute Gasteiger partial charge is 0.119 e. The lowest BCUT2D eigenvalue weighted by atomic mass is 10.1. The maximum atomic E-state index is 9.07. The number of benzene rings is 5. The van der Waals surface area contributed by atoms with E-state index in [1.165, 1.54) is 0 Å². The van der Waals surface area contributed by atoms with Crippen LogP contribution in [0.3, 0.4) is 0 Å². The number of nitrogens with zero attached hydrogens (tertiary/aromatic N) is 2. The number of hydrogen-bond acceptors (Lipinski definition) is 7. The fourth-order valence-corrected chi connectivity index (χ4v) is 4.79. The predicted octanol–water partition coefficient (Wildman–Crippen LogP) is 8.41. The van der Waals surface area contributed by atoms with E-state index in [0.29, 0.717) is 13.0 Å². The summed E-state index contributed by atoms with van der Waals surface area (Å²) in [6.07, 6.45) is 0.593. The monoisotopic (exact) mass is 576 g/mol. The molecular weight excluding hydrogens is 540 g/mol. The third kappa shape index (κ3) is 7.02. The molecule has 0 saturated heterocycles. The Balaban J connectivity index is 1.52. The molecule has 0 aliphatic rings. The molecule has 5 aromatic carbocycles. The van der Waals surface area contributed by atoms with Gasteiger partial charge >= 0.3 is 0 Å². The number of rotatable bonds is 13. The van der Waals surface area contributed by atoms with Crippen molar-refractivity contribution in [2.75, 3.05) is 44.3 Å². The molecule has 0 amide bonds. The zero-order chi connectivity index (χ0) is 30.0. The van der Waals surface area contributed by atoms with Crippen LogP contribution in [0, 0.1) is 0 Å². The number of methoxy groups -OCH3 is 3. The van der Waals surface area contributed by atoms with Crippen LogP contribution in [0.4, 0.5) is 34.1 Å². The third-order valence-corrected chi connectivity index (χ3v) is 7.02. The Morgan fingerprint density at radius 3 is 0.930 bits per heavy atom. The quantitative estimate of drug-likeness (QED) is 0.141. The summed E-state index contributed by atoms with van der Waals surface area (Å²) in [5.74, 6) is 3.15. The van der Waals surface area contributed by atoms with Crippen LogP contribution in [0.15, 0.2) is 121 Å². The van der Waals surface area contributed by atoms with Gasteiger partial charge in [0.25, 0.3) is 0 Å². The third-order valence-electron chi connectivity index (χ3n) is 7.02. The summed E-state index contributed by atoms with van der Waals surface area (Å²) < 4.78 is 22.0. The first-order valence-electron chi connectivity index (χ1n) is 14.1. The standard InChI is InChI=1S/C36H36N2O5/c1-40-33-17-9-29(10-18-33)37(30-11-19-34(41-2)20-12-30)27-5-7-28(8-6-27)38(31-13-21-35(42-3)22-14-31)32-15-23-36(24-16-32)43-26-4-25-39/h5-24,39H,4,25-26H2,1-3H3. The normalized spacial score (nSPS) is 10.6. The van der Waals surface area contributed by atoms with Gasteiger partial charge in [-0.05, 0) is 121 Å². The maximum Gasteiger partial charge on any atom is 0.119 e. The van der Waals surface area contributed by atoms with Crippen molar-refractivity contribution < 1.29 is 24.1 Å². The molecule has 1 N–H and O–H groups in total. The van der Waals surface area contributed by atoms with Crippen molar-refractivity contribution in [2.24, 2.45) is 0 Å². The SMILES string of the molecule is COc1ccc(N(c2ccc(OC)cc2)c2ccc(N(c3ccc(OC)cc3)c3ccc(OCCCO)cc3)cc2)cc1.